The van der Waals surface area contributed by atoms with Crippen molar-refractivity contribution in [2.45, 2.75) is 4.90 Å². The first-order valence-corrected chi connectivity index (χ1v) is 4.16. The van der Waals surface area contributed by atoms with Gasteiger partial charge in [-0.05, 0) is 18.4 Å². The quantitative estimate of drug-likeness (QED) is 0.477. The van der Waals surface area contributed by atoms with E-state index < -0.39 is 0 Å². The summed E-state index contributed by atoms with van der Waals surface area (Å²) in [5.74, 6) is 0. The lowest BCUT2D eigenvalue weighted by Crippen LogP contribution is -1.95. The Kier molecular flexibility index (Phi) is 2.06. The lowest BCUT2D eigenvalue weighted by molar-refractivity contribution is 1.47. The van der Waals surface area contributed by atoms with Gasteiger partial charge in [-0.2, -0.15) is 0 Å². The van der Waals surface area contributed by atoms with Crippen LogP contribution in [-0.4, -0.2) is 6.26 Å². The number of hydrogen-bond donors (Lipinski definition) is 2. The number of benzene rings is 1. The number of nitrogens with two attached hydrogens (primary N) is 2. The number of thioether (sulfide) groups is 1. The SMILES string of the molecule is CSc1cccc(N)c1N. The zero-order chi connectivity index (χ0) is 7.56. The molecule has 1 rings (SSSR count). The Balaban J connectivity index is 3.14. The van der Waals surface area contributed by atoms with Gasteiger partial charge in [0.25, 0.3) is 0 Å². The van der Waals surface area contributed by atoms with E-state index in [4.69, 9.17) is 11.5 Å². The Bertz CT molecular complexity index is 235. The molecule has 54 valence electrons. The van der Waals surface area contributed by atoms with Gasteiger partial charge in [-0.1, -0.05) is 6.07 Å². The lowest BCUT2D eigenvalue weighted by Gasteiger charge is -2.03. The fourth-order valence-electron chi connectivity index (χ4n) is 0.739. The maximum atomic E-state index is 5.65. The molecule has 0 aliphatic carbocycles. The van der Waals surface area contributed by atoms with Crippen molar-refractivity contribution in [3.05, 3.63) is 18.2 Å². The summed E-state index contributed by atoms with van der Waals surface area (Å²) in [5, 5.41) is 0. The van der Waals surface area contributed by atoms with Crippen LogP contribution in [-0.2, 0) is 0 Å². The molecule has 0 saturated carbocycles. The van der Waals surface area contributed by atoms with Crippen LogP contribution in [0.3, 0.4) is 0 Å². The van der Waals surface area contributed by atoms with Gasteiger partial charge in [0, 0.05) is 4.90 Å². The van der Waals surface area contributed by atoms with Crippen LogP contribution in [0.5, 0.6) is 0 Å². The molecule has 0 aliphatic heterocycles. The third-order valence-corrected chi connectivity index (χ3v) is 2.12. The molecule has 0 aliphatic rings. The van der Waals surface area contributed by atoms with Crippen molar-refractivity contribution in [3.8, 4) is 0 Å². The average molecular weight is 154 g/mol. The Labute approximate surface area is 64.6 Å². The summed E-state index contributed by atoms with van der Waals surface area (Å²) < 4.78 is 0. The Hall–Kier alpha value is -0.830. The van der Waals surface area contributed by atoms with Gasteiger partial charge in [-0.3, -0.25) is 0 Å². The van der Waals surface area contributed by atoms with Crippen LogP contribution >= 0.6 is 11.8 Å². The molecule has 0 bridgehead atoms. The van der Waals surface area contributed by atoms with E-state index in [1.54, 1.807) is 17.8 Å². The first kappa shape index (κ1) is 7.28. The Morgan fingerprint density at radius 3 is 2.50 bits per heavy atom. The molecule has 1 aromatic carbocycles. The number of nitrogen functional groups attached to an aromatic ring is 2. The van der Waals surface area contributed by atoms with Crippen molar-refractivity contribution in [3.63, 3.8) is 0 Å². The zero-order valence-corrected chi connectivity index (χ0v) is 6.61. The van der Waals surface area contributed by atoms with Crippen molar-refractivity contribution >= 4 is 23.1 Å². The van der Waals surface area contributed by atoms with Gasteiger partial charge in [0.1, 0.15) is 0 Å². The normalized spacial score (nSPS) is 9.70. The second-order valence-corrected chi connectivity index (χ2v) is 2.81. The van der Waals surface area contributed by atoms with Gasteiger partial charge in [-0.15, -0.1) is 11.8 Å². The summed E-state index contributed by atoms with van der Waals surface area (Å²) in [6, 6.07) is 5.66. The maximum Gasteiger partial charge on any atom is 0.0685 e. The molecule has 1 aromatic rings. The molecule has 10 heavy (non-hydrogen) atoms. The summed E-state index contributed by atoms with van der Waals surface area (Å²) in [6.07, 6.45) is 1.98. The summed E-state index contributed by atoms with van der Waals surface area (Å²) in [4.78, 5) is 1.04. The molecule has 0 radical (unpaired) electrons. The monoisotopic (exact) mass is 154 g/mol. The van der Waals surface area contributed by atoms with E-state index in [-0.39, 0.29) is 0 Å². The first-order chi connectivity index (χ1) is 4.75. The van der Waals surface area contributed by atoms with Crippen LogP contribution in [0.15, 0.2) is 23.1 Å². The molecule has 0 heterocycles. The van der Waals surface area contributed by atoms with Gasteiger partial charge in [0.2, 0.25) is 0 Å². The van der Waals surface area contributed by atoms with Crippen molar-refractivity contribution in [2.75, 3.05) is 17.7 Å². The average Bonchev–Trinajstić information content (AvgIpc) is 1.95. The minimum atomic E-state index is 0.659. The molecule has 0 amide bonds. The molecule has 0 spiro atoms. The molecule has 0 saturated heterocycles. The van der Waals surface area contributed by atoms with Gasteiger partial charge in [0.05, 0.1) is 11.4 Å². The van der Waals surface area contributed by atoms with Gasteiger partial charge < -0.3 is 11.5 Å². The fourth-order valence-corrected chi connectivity index (χ4v) is 1.29. The maximum absolute atomic E-state index is 5.65. The molecule has 0 atom stereocenters. The van der Waals surface area contributed by atoms with Crippen molar-refractivity contribution in [1.82, 2.24) is 0 Å². The summed E-state index contributed by atoms with van der Waals surface area (Å²) in [6.45, 7) is 0. The van der Waals surface area contributed by atoms with E-state index in [2.05, 4.69) is 0 Å². The predicted molar refractivity (Wildman–Crippen MR) is 47.0 cm³/mol. The molecular formula is C7H10N2S. The molecule has 3 heteroatoms. The van der Waals surface area contributed by atoms with E-state index >= 15 is 0 Å². The fraction of sp³-hybridized carbons (Fsp3) is 0.143. The Morgan fingerprint density at radius 1 is 1.30 bits per heavy atom. The van der Waals surface area contributed by atoms with Crippen LogP contribution in [0.4, 0.5) is 11.4 Å². The van der Waals surface area contributed by atoms with Crippen LogP contribution in [0.1, 0.15) is 0 Å². The molecule has 2 nitrogen and oxygen atoms in total. The molecule has 0 aromatic heterocycles. The number of para-hydroxylation sites is 1. The number of anilines is 2. The van der Waals surface area contributed by atoms with Gasteiger partial charge >= 0.3 is 0 Å². The van der Waals surface area contributed by atoms with Gasteiger partial charge in [0.15, 0.2) is 0 Å². The highest BCUT2D eigenvalue weighted by atomic mass is 32.2. The van der Waals surface area contributed by atoms with Crippen LogP contribution in [0.25, 0.3) is 0 Å². The largest absolute Gasteiger partial charge is 0.397 e. The minimum absolute atomic E-state index is 0.659. The third kappa shape index (κ3) is 1.19. The summed E-state index contributed by atoms with van der Waals surface area (Å²) in [7, 11) is 0. The molecule has 0 unspecified atom stereocenters. The highest BCUT2D eigenvalue weighted by Gasteiger charge is 1.98. The second-order valence-electron chi connectivity index (χ2n) is 1.96. The van der Waals surface area contributed by atoms with E-state index in [9.17, 15) is 0 Å². The van der Waals surface area contributed by atoms with Crippen LogP contribution in [0.2, 0.25) is 0 Å². The smallest absolute Gasteiger partial charge is 0.0685 e. The second kappa shape index (κ2) is 2.84. The third-order valence-electron chi connectivity index (χ3n) is 1.32. The number of rotatable bonds is 1. The number of hydrogen-bond acceptors (Lipinski definition) is 3. The molecule has 0 fully saturated rings. The van der Waals surface area contributed by atoms with Crippen molar-refractivity contribution in [2.24, 2.45) is 0 Å². The molecule has 4 N–H and O–H groups in total. The van der Waals surface area contributed by atoms with E-state index in [1.165, 1.54) is 0 Å². The van der Waals surface area contributed by atoms with E-state index in [1.807, 2.05) is 18.4 Å². The lowest BCUT2D eigenvalue weighted by atomic mass is 10.3. The van der Waals surface area contributed by atoms with Crippen LogP contribution < -0.4 is 11.5 Å². The van der Waals surface area contributed by atoms with E-state index in [0.717, 1.165) is 4.90 Å². The summed E-state index contributed by atoms with van der Waals surface area (Å²) >= 11 is 1.60. The van der Waals surface area contributed by atoms with Crippen LogP contribution in [0, 0.1) is 0 Å². The Morgan fingerprint density at radius 2 is 2.00 bits per heavy atom. The topological polar surface area (TPSA) is 52.0 Å². The standard InChI is InChI=1S/C7H10N2S/c1-10-6-4-2-3-5(8)7(6)9/h2-4H,8-9H2,1H3. The molecular weight excluding hydrogens is 144 g/mol. The van der Waals surface area contributed by atoms with Crippen molar-refractivity contribution < 1.29 is 0 Å². The highest BCUT2D eigenvalue weighted by molar-refractivity contribution is 7.98. The predicted octanol–water partition coefficient (Wildman–Crippen LogP) is 1.57. The highest BCUT2D eigenvalue weighted by Crippen LogP contribution is 2.26. The first-order valence-electron chi connectivity index (χ1n) is 2.93. The minimum Gasteiger partial charge on any atom is -0.397 e. The zero-order valence-electron chi connectivity index (χ0n) is 5.79. The van der Waals surface area contributed by atoms with Gasteiger partial charge in [-0.25, -0.2) is 0 Å². The van der Waals surface area contributed by atoms with E-state index in [0.29, 0.717) is 11.4 Å². The summed E-state index contributed by atoms with van der Waals surface area (Å²) in [5.41, 5.74) is 12.6. The van der Waals surface area contributed by atoms with Crippen molar-refractivity contribution in [1.29, 1.82) is 0 Å².